The third-order valence-corrected chi connectivity index (χ3v) is 4.85. The van der Waals surface area contributed by atoms with Gasteiger partial charge in [-0.05, 0) is 11.1 Å². The number of nitrogens with zero attached hydrogens (tertiary/aromatic N) is 1. The maximum Gasteiger partial charge on any atom is 0.272 e. The molecule has 2 N–H and O–H groups in total. The molecule has 0 unspecified atom stereocenters. The van der Waals surface area contributed by atoms with Crippen molar-refractivity contribution in [1.29, 1.82) is 0 Å². The first-order valence-electron chi connectivity index (χ1n) is 8.49. The van der Waals surface area contributed by atoms with E-state index in [2.05, 4.69) is 29.6 Å². The van der Waals surface area contributed by atoms with Crippen LogP contribution in [0.4, 0.5) is 0 Å². The van der Waals surface area contributed by atoms with Gasteiger partial charge < -0.3 is 15.0 Å². The standard InChI is InChI=1S/C21H18N2O3/c24-17-11-12-23-16(13-22-21(26)19(23)20(17)25)18(14-7-3-1-4-8-14)15-9-5-2-6-10-15/h1-12,16,18,25H,13H2,(H,22,26)/t16-/m1/s1. The van der Waals surface area contributed by atoms with E-state index < -0.39 is 17.1 Å². The van der Waals surface area contributed by atoms with Gasteiger partial charge in [0.25, 0.3) is 5.91 Å². The topological polar surface area (TPSA) is 71.3 Å². The number of nitrogens with one attached hydrogen (secondary N) is 1. The summed E-state index contributed by atoms with van der Waals surface area (Å²) in [6, 6.07) is 21.2. The van der Waals surface area contributed by atoms with Crippen LogP contribution in [-0.2, 0) is 0 Å². The van der Waals surface area contributed by atoms with Gasteiger partial charge in [-0.3, -0.25) is 9.59 Å². The predicted octanol–water partition coefficient (Wildman–Crippen LogP) is 2.67. The number of carbonyl (C=O) groups excluding carboxylic acids is 1. The van der Waals surface area contributed by atoms with Crippen molar-refractivity contribution in [2.75, 3.05) is 6.54 Å². The van der Waals surface area contributed by atoms with Crippen LogP contribution in [-0.4, -0.2) is 22.1 Å². The van der Waals surface area contributed by atoms with E-state index >= 15 is 0 Å². The minimum absolute atomic E-state index is 0.0191. The smallest absolute Gasteiger partial charge is 0.272 e. The highest BCUT2D eigenvalue weighted by molar-refractivity contribution is 5.95. The van der Waals surface area contributed by atoms with Crippen molar-refractivity contribution in [3.63, 3.8) is 0 Å². The van der Waals surface area contributed by atoms with Gasteiger partial charge >= 0.3 is 0 Å². The number of amides is 1. The van der Waals surface area contributed by atoms with Crippen molar-refractivity contribution >= 4 is 5.91 Å². The highest BCUT2D eigenvalue weighted by Crippen LogP contribution is 2.37. The number of pyridine rings is 1. The maximum absolute atomic E-state index is 12.3. The summed E-state index contributed by atoms with van der Waals surface area (Å²) in [6.07, 6.45) is 1.60. The largest absolute Gasteiger partial charge is 0.503 e. The van der Waals surface area contributed by atoms with Crippen LogP contribution in [0.5, 0.6) is 5.75 Å². The number of carbonyl (C=O) groups is 1. The highest BCUT2D eigenvalue weighted by atomic mass is 16.3. The molecule has 0 spiro atoms. The molecule has 1 amide bonds. The summed E-state index contributed by atoms with van der Waals surface area (Å²) < 4.78 is 1.72. The van der Waals surface area contributed by atoms with E-state index in [4.69, 9.17) is 0 Å². The molecule has 2 heterocycles. The average molecular weight is 346 g/mol. The monoisotopic (exact) mass is 346 g/mol. The molecule has 0 aliphatic carbocycles. The lowest BCUT2D eigenvalue weighted by atomic mass is 9.84. The van der Waals surface area contributed by atoms with Gasteiger partial charge in [-0.2, -0.15) is 0 Å². The maximum atomic E-state index is 12.3. The van der Waals surface area contributed by atoms with Crippen molar-refractivity contribution in [2.45, 2.75) is 12.0 Å². The van der Waals surface area contributed by atoms with Gasteiger partial charge in [0.05, 0.1) is 6.04 Å². The molecule has 0 fully saturated rings. The Labute approximate surface area is 150 Å². The molecule has 5 nitrogen and oxygen atoms in total. The molecule has 0 saturated carbocycles. The molecule has 1 atom stereocenters. The molecule has 26 heavy (non-hydrogen) atoms. The molecular formula is C21H18N2O3. The number of aromatic nitrogens is 1. The number of aromatic hydroxyl groups is 1. The summed E-state index contributed by atoms with van der Waals surface area (Å²) in [5, 5.41) is 13.0. The summed E-state index contributed by atoms with van der Waals surface area (Å²) in [7, 11) is 0. The van der Waals surface area contributed by atoms with Crippen LogP contribution >= 0.6 is 0 Å². The van der Waals surface area contributed by atoms with Gasteiger partial charge in [0.15, 0.2) is 11.4 Å². The van der Waals surface area contributed by atoms with Crippen LogP contribution in [0.3, 0.4) is 0 Å². The van der Waals surface area contributed by atoms with E-state index in [0.717, 1.165) is 11.1 Å². The number of rotatable bonds is 3. The molecule has 130 valence electrons. The van der Waals surface area contributed by atoms with Gasteiger partial charge in [0.2, 0.25) is 5.43 Å². The Morgan fingerprint density at radius 3 is 2.08 bits per heavy atom. The van der Waals surface area contributed by atoms with Crippen molar-refractivity contribution in [3.8, 4) is 5.75 Å². The SMILES string of the molecule is O=C1NC[C@H](C(c2ccccc2)c2ccccc2)n2ccc(=O)c(O)c21. The Bertz CT molecular complexity index is 957. The number of benzene rings is 2. The quantitative estimate of drug-likeness (QED) is 0.766. The predicted molar refractivity (Wildman–Crippen MR) is 98.5 cm³/mol. The summed E-state index contributed by atoms with van der Waals surface area (Å²) >= 11 is 0. The summed E-state index contributed by atoms with van der Waals surface area (Å²) in [4.78, 5) is 24.1. The molecule has 1 aliphatic heterocycles. The van der Waals surface area contributed by atoms with Crippen LogP contribution in [0, 0.1) is 0 Å². The summed E-state index contributed by atoms with van der Waals surface area (Å²) in [5.41, 5.74) is 1.67. The molecule has 0 bridgehead atoms. The summed E-state index contributed by atoms with van der Waals surface area (Å²) in [5.74, 6) is -0.982. The van der Waals surface area contributed by atoms with Crippen LogP contribution in [0.15, 0.2) is 77.7 Å². The Morgan fingerprint density at radius 1 is 0.923 bits per heavy atom. The van der Waals surface area contributed by atoms with Gasteiger partial charge in [0.1, 0.15) is 0 Å². The zero-order valence-corrected chi connectivity index (χ0v) is 14.0. The van der Waals surface area contributed by atoms with Crippen LogP contribution in [0.1, 0.15) is 33.6 Å². The molecule has 2 aromatic carbocycles. The third kappa shape index (κ3) is 2.67. The number of hydrogen-bond donors (Lipinski definition) is 2. The van der Waals surface area contributed by atoms with E-state index in [1.165, 1.54) is 6.07 Å². The molecule has 1 aromatic heterocycles. The third-order valence-electron chi connectivity index (χ3n) is 4.85. The van der Waals surface area contributed by atoms with Gasteiger partial charge in [0, 0.05) is 24.7 Å². The molecule has 1 aliphatic rings. The van der Waals surface area contributed by atoms with E-state index in [9.17, 15) is 14.7 Å². The zero-order chi connectivity index (χ0) is 18.1. The number of hydrogen-bond acceptors (Lipinski definition) is 3. The molecule has 0 saturated heterocycles. The first kappa shape index (κ1) is 16.1. The van der Waals surface area contributed by atoms with E-state index in [-0.39, 0.29) is 17.7 Å². The average Bonchev–Trinajstić information content (AvgIpc) is 2.68. The summed E-state index contributed by atoms with van der Waals surface area (Å²) in [6.45, 7) is 0.405. The highest BCUT2D eigenvalue weighted by Gasteiger charge is 2.34. The molecule has 3 aromatic rings. The second-order valence-electron chi connectivity index (χ2n) is 6.36. The van der Waals surface area contributed by atoms with Crippen molar-refractivity contribution in [2.24, 2.45) is 0 Å². The molecule has 5 heteroatoms. The van der Waals surface area contributed by atoms with Crippen LogP contribution in [0.25, 0.3) is 0 Å². The second kappa shape index (κ2) is 6.52. The Balaban J connectivity index is 1.91. The Hall–Kier alpha value is -3.34. The lowest BCUT2D eigenvalue weighted by Gasteiger charge is -2.35. The van der Waals surface area contributed by atoms with Crippen LogP contribution < -0.4 is 10.7 Å². The second-order valence-corrected chi connectivity index (χ2v) is 6.36. The zero-order valence-electron chi connectivity index (χ0n) is 14.0. The fraction of sp³-hybridized carbons (Fsp3) is 0.143. The van der Waals surface area contributed by atoms with E-state index in [1.807, 2.05) is 36.4 Å². The van der Waals surface area contributed by atoms with Gasteiger partial charge in [-0.15, -0.1) is 0 Å². The lowest BCUT2D eigenvalue weighted by molar-refractivity contribution is 0.0905. The molecule has 4 rings (SSSR count). The minimum Gasteiger partial charge on any atom is -0.503 e. The first-order valence-corrected chi connectivity index (χ1v) is 8.49. The molecule has 0 radical (unpaired) electrons. The fourth-order valence-electron chi connectivity index (χ4n) is 3.66. The van der Waals surface area contributed by atoms with Crippen molar-refractivity contribution in [1.82, 2.24) is 9.88 Å². The lowest BCUT2D eigenvalue weighted by Crippen LogP contribution is -2.43. The van der Waals surface area contributed by atoms with Crippen molar-refractivity contribution in [3.05, 3.63) is 100.0 Å². The fourth-order valence-corrected chi connectivity index (χ4v) is 3.66. The van der Waals surface area contributed by atoms with Gasteiger partial charge in [-0.1, -0.05) is 60.7 Å². The van der Waals surface area contributed by atoms with E-state index in [0.29, 0.717) is 6.54 Å². The molecular weight excluding hydrogens is 328 g/mol. The van der Waals surface area contributed by atoms with Crippen molar-refractivity contribution < 1.29 is 9.90 Å². The number of fused-ring (bicyclic) bond motifs is 1. The Kier molecular flexibility index (Phi) is 4.05. The van der Waals surface area contributed by atoms with E-state index in [1.54, 1.807) is 10.8 Å². The normalized spacial score (nSPS) is 16.2. The first-order chi connectivity index (χ1) is 12.7. The minimum atomic E-state index is -0.553. The van der Waals surface area contributed by atoms with Crippen LogP contribution in [0.2, 0.25) is 0 Å². The van der Waals surface area contributed by atoms with Gasteiger partial charge in [-0.25, -0.2) is 0 Å². The Morgan fingerprint density at radius 2 is 1.50 bits per heavy atom.